The first-order valence-electron chi connectivity index (χ1n) is 11.9. The lowest BCUT2D eigenvalue weighted by Gasteiger charge is -2.24. The molecule has 0 radical (unpaired) electrons. The number of ether oxygens (including phenoxy) is 1. The van der Waals surface area contributed by atoms with Gasteiger partial charge in [-0.1, -0.05) is 6.07 Å². The second kappa shape index (κ2) is 8.37. The van der Waals surface area contributed by atoms with Crippen LogP contribution in [0.1, 0.15) is 42.7 Å². The number of nitrogens with one attached hydrogen (secondary N) is 1. The van der Waals surface area contributed by atoms with Gasteiger partial charge in [-0.2, -0.15) is 5.26 Å². The summed E-state index contributed by atoms with van der Waals surface area (Å²) in [6, 6.07) is 12.4. The molecule has 3 fully saturated rings. The minimum absolute atomic E-state index is 0.297. The van der Waals surface area contributed by atoms with E-state index < -0.39 is 0 Å². The summed E-state index contributed by atoms with van der Waals surface area (Å²) in [5, 5.41) is 12.9. The van der Waals surface area contributed by atoms with Gasteiger partial charge in [0.25, 0.3) is 0 Å². The Morgan fingerprint density at radius 3 is 2.82 bits per heavy atom. The van der Waals surface area contributed by atoms with E-state index in [1.807, 2.05) is 12.1 Å². The molecule has 1 saturated carbocycles. The number of hydrogen-bond acceptors (Lipinski definition) is 6. The second-order valence-electron chi connectivity index (χ2n) is 9.74. The lowest BCUT2D eigenvalue weighted by atomic mass is 9.87. The van der Waals surface area contributed by atoms with Gasteiger partial charge in [-0.3, -0.25) is 0 Å². The first kappa shape index (κ1) is 21.1. The van der Waals surface area contributed by atoms with E-state index in [1.54, 1.807) is 24.7 Å². The molecule has 1 N–H and O–H groups in total. The summed E-state index contributed by atoms with van der Waals surface area (Å²) in [5.74, 6) is 1.97. The Balaban J connectivity index is 1.36. The number of rotatable bonds is 5. The van der Waals surface area contributed by atoms with E-state index in [-0.39, 0.29) is 5.82 Å². The molecule has 2 saturated heterocycles. The van der Waals surface area contributed by atoms with Crippen LogP contribution < -0.4 is 15.0 Å². The fourth-order valence-electron chi connectivity index (χ4n) is 5.41. The van der Waals surface area contributed by atoms with E-state index in [0.29, 0.717) is 34.0 Å². The maximum atomic E-state index is 14.4. The highest BCUT2D eigenvalue weighted by molar-refractivity contribution is 5.76. The van der Waals surface area contributed by atoms with Crippen LogP contribution >= 0.6 is 0 Å². The number of hydrogen-bond donors (Lipinski definition) is 1. The average molecular weight is 456 g/mol. The summed E-state index contributed by atoms with van der Waals surface area (Å²) in [4.78, 5) is 11.1. The molecular formula is C27H26FN5O. The highest BCUT2D eigenvalue weighted by Crippen LogP contribution is 2.47. The molecule has 0 amide bonds. The molecule has 3 aromatic rings. The molecule has 1 unspecified atom stereocenters. The highest BCUT2D eigenvalue weighted by Gasteiger charge is 2.41. The zero-order valence-corrected chi connectivity index (χ0v) is 18.9. The van der Waals surface area contributed by atoms with E-state index >= 15 is 0 Å². The fraction of sp³-hybridized carbons (Fsp3) is 0.370. The summed E-state index contributed by atoms with van der Waals surface area (Å²) in [6.45, 7) is 3.96. The second-order valence-corrected chi connectivity index (χ2v) is 9.74. The molecule has 7 heteroatoms. The number of nitrogens with zero attached hydrogens (tertiary/aromatic N) is 4. The quantitative estimate of drug-likeness (QED) is 0.583. The Kier molecular flexibility index (Phi) is 5.19. The number of aromatic nitrogens is 2. The van der Waals surface area contributed by atoms with Gasteiger partial charge in [0, 0.05) is 30.6 Å². The van der Waals surface area contributed by atoms with Gasteiger partial charge in [0.15, 0.2) is 11.6 Å². The number of anilines is 1. The van der Waals surface area contributed by atoms with Crippen LogP contribution in [-0.2, 0) is 0 Å². The maximum Gasteiger partial charge on any atom is 0.188 e. The summed E-state index contributed by atoms with van der Waals surface area (Å²) >= 11 is 0. The zero-order chi connectivity index (χ0) is 23.1. The molecule has 1 spiro atoms. The number of benzene rings is 2. The van der Waals surface area contributed by atoms with E-state index in [2.05, 4.69) is 26.3 Å². The molecule has 0 bridgehead atoms. The Morgan fingerprint density at radius 1 is 1.12 bits per heavy atom. The SMILES string of the molecule is N#Cc1ccc(-c2cc(F)ccc2Oc2cncnc2N2CCC3(CCNC3)C2)c(C2CC2)c1. The molecule has 6 rings (SSSR count). The van der Waals surface area contributed by atoms with Crippen molar-refractivity contribution in [2.45, 2.75) is 31.6 Å². The van der Waals surface area contributed by atoms with Crippen molar-refractivity contribution in [3.05, 3.63) is 65.9 Å². The Morgan fingerprint density at radius 2 is 2.03 bits per heavy atom. The molecular weight excluding hydrogens is 429 g/mol. The third-order valence-corrected chi connectivity index (χ3v) is 7.38. The lowest BCUT2D eigenvalue weighted by Crippen LogP contribution is -2.29. The van der Waals surface area contributed by atoms with Crippen molar-refractivity contribution in [3.8, 4) is 28.7 Å². The number of halogens is 1. The molecule has 3 aliphatic rings. The largest absolute Gasteiger partial charge is 0.451 e. The van der Waals surface area contributed by atoms with Crippen LogP contribution in [0, 0.1) is 22.6 Å². The highest BCUT2D eigenvalue weighted by atomic mass is 19.1. The first-order chi connectivity index (χ1) is 16.6. The van der Waals surface area contributed by atoms with Crippen molar-refractivity contribution in [1.29, 1.82) is 5.26 Å². The Hall–Kier alpha value is -3.50. The van der Waals surface area contributed by atoms with Crippen LogP contribution in [0.4, 0.5) is 10.2 Å². The normalized spacial score (nSPS) is 21.7. The minimum atomic E-state index is -0.326. The predicted molar refractivity (Wildman–Crippen MR) is 127 cm³/mol. The summed E-state index contributed by atoms with van der Waals surface area (Å²) < 4.78 is 20.8. The topological polar surface area (TPSA) is 74.1 Å². The van der Waals surface area contributed by atoms with Crippen LogP contribution in [0.5, 0.6) is 11.5 Å². The van der Waals surface area contributed by atoms with Gasteiger partial charge in [-0.25, -0.2) is 14.4 Å². The third-order valence-electron chi connectivity index (χ3n) is 7.38. The zero-order valence-electron chi connectivity index (χ0n) is 18.9. The van der Waals surface area contributed by atoms with Crippen molar-refractivity contribution in [3.63, 3.8) is 0 Å². The molecule has 6 nitrogen and oxygen atoms in total. The Labute approximate surface area is 198 Å². The van der Waals surface area contributed by atoms with Crippen molar-refractivity contribution >= 4 is 5.82 Å². The van der Waals surface area contributed by atoms with Gasteiger partial charge in [-0.15, -0.1) is 0 Å². The molecule has 34 heavy (non-hydrogen) atoms. The van der Waals surface area contributed by atoms with Crippen molar-refractivity contribution < 1.29 is 9.13 Å². The lowest BCUT2D eigenvalue weighted by molar-refractivity contribution is 0.369. The van der Waals surface area contributed by atoms with Gasteiger partial charge in [0.05, 0.1) is 17.8 Å². The smallest absolute Gasteiger partial charge is 0.188 e. The molecule has 172 valence electrons. The van der Waals surface area contributed by atoms with Gasteiger partial charge < -0.3 is 15.0 Å². The van der Waals surface area contributed by atoms with E-state index in [0.717, 1.165) is 62.4 Å². The van der Waals surface area contributed by atoms with Crippen LogP contribution in [0.2, 0.25) is 0 Å². The summed E-state index contributed by atoms with van der Waals surface area (Å²) in [7, 11) is 0. The van der Waals surface area contributed by atoms with E-state index in [4.69, 9.17) is 4.74 Å². The van der Waals surface area contributed by atoms with Crippen molar-refractivity contribution in [2.24, 2.45) is 5.41 Å². The molecule has 1 atom stereocenters. The maximum absolute atomic E-state index is 14.4. The molecule has 1 aromatic heterocycles. The third kappa shape index (κ3) is 3.88. The standard InChI is InChI=1S/C27H26FN5O/c28-20-4-6-24(23(12-20)21-5-1-18(13-29)11-22(21)19-2-3-19)34-25-14-31-17-32-26(25)33-10-8-27(16-33)7-9-30-15-27/h1,4-6,11-12,14,17,19,30H,2-3,7-10,15-16H2. The molecule has 2 aliphatic heterocycles. The van der Waals surface area contributed by atoms with Crippen molar-refractivity contribution in [2.75, 3.05) is 31.1 Å². The predicted octanol–water partition coefficient (Wildman–Crippen LogP) is 5.01. The van der Waals surface area contributed by atoms with Gasteiger partial charge in [0.2, 0.25) is 0 Å². The molecule has 3 heterocycles. The van der Waals surface area contributed by atoms with Gasteiger partial charge in [0.1, 0.15) is 17.9 Å². The van der Waals surface area contributed by atoms with Crippen LogP contribution in [-0.4, -0.2) is 36.1 Å². The summed E-state index contributed by atoms with van der Waals surface area (Å²) in [5.41, 5.74) is 3.58. The minimum Gasteiger partial charge on any atom is -0.451 e. The van der Waals surface area contributed by atoms with Crippen LogP contribution in [0.3, 0.4) is 0 Å². The van der Waals surface area contributed by atoms with Gasteiger partial charge >= 0.3 is 0 Å². The first-order valence-corrected chi connectivity index (χ1v) is 11.9. The number of nitriles is 1. The van der Waals surface area contributed by atoms with Crippen molar-refractivity contribution in [1.82, 2.24) is 15.3 Å². The fourth-order valence-corrected chi connectivity index (χ4v) is 5.41. The van der Waals surface area contributed by atoms with E-state index in [9.17, 15) is 9.65 Å². The van der Waals surface area contributed by atoms with Gasteiger partial charge in [-0.05, 0) is 79.6 Å². The average Bonchev–Trinajstić information content (AvgIpc) is 3.48. The molecule has 1 aliphatic carbocycles. The monoisotopic (exact) mass is 455 g/mol. The van der Waals surface area contributed by atoms with Crippen LogP contribution in [0.15, 0.2) is 48.9 Å². The van der Waals surface area contributed by atoms with E-state index in [1.165, 1.54) is 18.6 Å². The van der Waals surface area contributed by atoms with Crippen LogP contribution in [0.25, 0.3) is 11.1 Å². The molecule has 2 aromatic carbocycles. The summed E-state index contributed by atoms with van der Waals surface area (Å²) in [6.07, 6.45) is 7.70. The Bertz CT molecular complexity index is 1280.